The topological polar surface area (TPSA) is 59.2 Å². The second kappa shape index (κ2) is 4.09. The van der Waals surface area contributed by atoms with Crippen molar-refractivity contribution >= 4 is 0 Å². The Bertz CT molecular complexity index is 394. The molecule has 0 radical (unpaired) electrons. The van der Waals surface area contributed by atoms with E-state index in [1.54, 1.807) is 0 Å². The summed E-state index contributed by atoms with van der Waals surface area (Å²) in [5, 5.41) is 14.4. The summed E-state index contributed by atoms with van der Waals surface area (Å²) in [6.07, 6.45) is 3.23. The van der Waals surface area contributed by atoms with Crippen LogP contribution >= 0.6 is 0 Å². The van der Waals surface area contributed by atoms with Gasteiger partial charge in [0.25, 0.3) is 0 Å². The highest BCUT2D eigenvalue weighted by molar-refractivity contribution is 5.02. The van der Waals surface area contributed by atoms with Gasteiger partial charge in [0.15, 0.2) is 5.82 Å². The number of hydrogen-bond donors (Lipinski definition) is 1. The Morgan fingerprint density at radius 3 is 2.65 bits per heavy atom. The Labute approximate surface area is 102 Å². The number of aromatic nitrogens is 2. The normalized spacial score (nSPS) is 29.8. The van der Waals surface area contributed by atoms with Gasteiger partial charge in [0.05, 0.1) is 12.0 Å². The second-order valence-electron chi connectivity index (χ2n) is 6.51. The molecule has 0 aliphatic heterocycles. The molecule has 96 valence electrons. The van der Waals surface area contributed by atoms with E-state index in [2.05, 4.69) is 17.1 Å². The highest BCUT2D eigenvalue weighted by atomic mass is 16.5. The molecule has 1 N–H and O–H groups in total. The molecule has 0 unspecified atom stereocenters. The van der Waals surface area contributed by atoms with E-state index in [-0.39, 0.29) is 5.41 Å². The summed E-state index contributed by atoms with van der Waals surface area (Å²) in [6.45, 7) is 8.32. The Morgan fingerprint density at radius 1 is 1.47 bits per heavy atom. The van der Waals surface area contributed by atoms with Crippen LogP contribution in [0.15, 0.2) is 4.52 Å². The summed E-state index contributed by atoms with van der Waals surface area (Å²) < 4.78 is 5.23. The smallest absolute Gasteiger partial charge is 0.229 e. The van der Waals surface area contributed by atoms with Gasteiger partial charge < -0.3 is 9.63 Å². The van der Waals surface area contributed by atoms with Gasteiger partial charge >= 0.3 is 0 Å². The molecule has 4 heteroatoms. The first-order chi connectivity index (χ1) is 7.78. The first kappa shape index (κ1) is 12.6. The van der Waals surface area contributed by atoms with Crippen LogP contribution in [0.3, 0.4) is 0 Å². The molecule has 17 heavy (non-hydrogen) atoms. The van der Waals surface area contributed by atoms with Crippen molar-refractivity contribution in [2.24, 2.45) is 5.92 Å². The minimum Gasteiger partial charge on any atom is -0.389 e. The molecular weight excluding hydrogens is 216 g/mol. The maximum atomic E-state index is 10.4. The summed E-state index contributed by atoms with van der Waals surface area (Å²) in [4.78, 5) is 4.38. The highest BCUT2D eigenvalue weighted by Crippen LogP contribution is 2.36. The summed E-state index contributed by atoms with van der Waals surface area (Å²) in [5.41, 5.74) is -0.742. The number of nitrogens with zero attached hydrogens (tertiary/aromatic N) is 2. The Hall–Kier alpha value is -0.900. The Balaban J connectivity index is 2.07. The van der Waals surface area contributed by atoms with Gasteiger partial charge in [0.1, 0.15) is 0 Å². The largest absolute Gasteiger partial charge is 0.389 e. The lowest BCUT2D eigenvalue weighted by atomic mass is 9.95. The fraction of sp³-hybridized carbons (Fsp3) is 0.846. The van der Waals surface area contributed by atoms with E-state index < -0.39 is 5.60 Å². The van der Waals surface area contributed by atoms with Gasteiger partial charge in [-0.2, -0.15) is 4.98 Å². The number of rotatable bonds is 2. The van der Waals surface area contributed by atoms with Crippen LogP contribution in [-0.4, -0.2) is 20.8 Å². The molecule has 1 aromatic heterocycles. The van der Waals surface area contributed by atoms with Gasteiger partial charge in [-0.1, -0.05) is 32.9 Å². The van der Waals surface area contributed by atoms with E-state index in [0.29, 0.717) is 24.1 Å². The van der Waals surface area contributed by atoms with E-state index >= 15 is 0 Å². The van der Waals surface area contributed by atoms with Gasteiger partial charge in [-0.05, 0) is 25.2 Å². The van der Waals surface area contributed by atoms with Crippen LogP contribution in [0.5, 0.6) is 0 Å². The molecule has 1 heterocycles. The second-order valence-corrected chi connectivity index (χ2v) is 6.51. The van der Waals surface area contributed by atoms with Crippen LogP contribution in [0.25, 0.3) is 0 Å². The van der Waals surface area contributed by atoms with Crippen LogP contribution in [0.2, 0.25) is 0 Å². The first-order valence-electron chi connectivity index (χ1n) is 6.34. The van der Waals surface area contributed by atoms with Gasteiger partial charge in [0.2, 0.25) is 5.89 Å². The van der Waals surface area contributed by atoms with Crippen molar-refractivity contribution in [3.05, 3.63) is 11.7 Å². The molecule has 0 aromatic carbocycles. The molecule has 1 saturated carbocycles. The lowest BCUT2D eigenvalue weighted by Gasteiger charge is -2.19. The fourth-order valence-electron chi connectivity index (χ4n) is 2.44. The molecule has 2 rings (SSSR count). The minimum atomic E-state index is -0.638. The summed E-state index contributed by atoms with van der Waals surface area (Å²) >= 11 is 0. The van der Waals surface area contributed by atoms with Crippen LogP contribution in [0.1, 0.15) is 58.7 Å². The van der Waals surface area contributed by atoms with Crippen molar-refractivity contribution in [3.8, 4) is 0 Å². The van der Waals surface area contributed by atoms with E-state index in [1.807, 2.05) is 20.8 Å². The Morgan fingerprint density at radius 2 is 2.18 bits per heavy atom. The van der Waals surface area contributed by atoms with Gasteiger partial charge in [-0.25, -0.2) is 0 Å². The zero-order chi connectivity index (χ0) is 12.7. The molecule has 0 spiro atoms. The van der Waals surface area contributed by atoms with Crippen LogP contribution < -0.4 is 0 Å². The van der Waals surface area contributed by atoms with Gasteiger partial charge in [-0.15, -0.1) is 0 Å². The predicted octanol–water partition coefficient (Wildman–Crippen LogP) is 2.46. The van der Waals surface area contributed by atoms with Crippen molar-refractivity contribution in [1.29, 1.82) is 0 Å². The predicted molar refractivity (Wildman–Crippen MR) is 64.7 cm³/mol. The molecular formula is C13H22N2O2. The van der Waals surface area contributed by atoms with E-state index in [0.717, 1.165) is 19.3 Å². The lowest BCUT2D eigenvalue weighted by molar-refractivity contribution is 0.0368. The van der Waals surface area contributed by atoms with E-state index in [1.165, 1.54) is 0 Å². The van der Waals surface area contributed by atoms with Crippen LogP contribution in [0.4, 0.5) is 0 Å². The maximum absolute atomic E-state index is 10.4. The monoisotopic (exact) mass is 238 g/mol. The molecule has 1 aromatic rings. The SMILES string of the molecule is C[C@H]1CC[C@@](O)(Cc2nc(C(C)(C)C)no2)C1. The first-order valence-corrected chi connectivity index (χ1v) is 6.34. The summed E-state index contributed by atoms with van der Waals surface area (Å²) in [7, 11) is 0. The lowest BCUT2D eigenvalue weighted by Crippen LogP contribution is -2.28. The van der Waals surface area contributed by atoms with Crippen molar-refractivity contribution in [2.75, 3.05) is 0 Å². The van der Waals surface area contributed by atoms with Gasteiger partial charge in [0, 0.05) is 5.41 Å². The highest BCUT2D eigenvalue weighted by Gasteiger charge is 2.37. The molecule has 0 amide bonds. The third kappa shape index (κ3) is 2.86. The van der Waals surface area contributed by atoms with Crippen molar-refractivity contribution in [2.45, 2.75) is 64.4 Å². The number of aliphatic hydroxyl groups is 1. The van der Waals surface area contributed by atoms with E-state index in [4.69, 9.17) is 4.52 Å². The zero-order valence-corrected chi connectivity index (χ0v) is 11.2. The summed E-state index contributed by atoms with van der Waals surface area (Å²) in [5.74, 6) is 1.86. The number of hydrogen-bond acceptors (Lipinski definition) is 4. The average Bonchev–Trinajstić information content (AvgIpc) is 2.73. The molecule has 4 nitrogen and oxygen atoms in total. The third-order valence-corrected chi connectivity index (χ3v) is 3.45. The molecule has 1 aliphatic rings. The van der Waals surface area contributed by atoms with Crippen molar-refractivity contribution < 1.29 is 9.63 Å². The Kier molecular flexibility index (Phi) is 3.02. The maximum Gasteiger partial charge on any atom is 0.229 e. The average molecular weight is 238 g/mol. The quantitative estimate of drug-likeness (QED) is 0.859. The van der Waals surface area contributed by atoms with E-state index in [9.17, 15) is 5.11 Å². The van der Waals surface area contributed by atoms with Crippen LogP contribution in [-0.2, 0) is 11.8 Å². The molecule has 1 fully saturated rings. The molecule has 1 aliphatic carbocycles. The third-order valence-electron chi connectivity index (χ3n) is 3.45. The van der Waals surface area contributed by atoms with Crippen molar-refractivity contribution in [3.63, 3.8) is 0 Å². The van der Waals surface area contributed by atoms with Crippen LogP contribution in [0, 0.1) is 5.92 Å². The molecule has 2 atom stereocenters. The minimum absolute atomic E-state index is 0.104. The van der Waals surface area contributed by atoms with Crippen molar-refractivity contribution in [1.82, 2.24) is 10.1 Å². The fourth-order valence-corrected chi connectivity index (χ4v) is 2.44. The van der Waals surface area contributed by atoms with Gasteiger partial charge in [-0.3, -0.25) is 0 Å². The molecule has 0 bridgehead atoms. The summed E-state index contributed by atoms with van der Waals surface area (Å²) in [6, 6.07) is 0. The zero-order valence-electron chi connectivity index (χ0n) is 11.2. The molecule has 0 saturated heterocycles. The standard InChI is InChI=1S/C13H22N2O2/c1-9-5-6-13(16,7-9)8-10-14-11(15-17-10)12(2,3)4/h9,16H,5-8H2,1-4H3/t9-,13-/m0/s1.